The van der Waals surface area contributed by atoms with Crippen LogP contribution in [0.15, 0.2) is 67.1 Å². The van der Waals surface area contributed by atoms with Gasteiger partial charge in [-0.1, -0.05) is 6.07 Å². The van der Waals surface area contributed by atoms with Crippen molar-refractivity contribution in [3.05, 3.63) is 78.4 Å². The molecule has 0 fully saturated rings. The number of carbonyl (C=O) groups is 1. The quantitative estimate of drug-likeness (QED) is 0.727. The van der Waals surface area contributed by atoms with E-state index in [1.54, 1.807) is 6.20 Å². The minimum absolute atomic E-state index is 0.0285. The summed E-state index contributed by atoms with van der Waals surface area (Å²) in [6, 6.07) is 15.5. The number of fused-ring (bicyclic) bond motifs is 1. The van der Waals surface area contributed by atoms with Crippen molar-refractivity contribution in [2.24, 2.45) is 0 Å². The molecular formula is C18H15N3O. The van der Waals surface area contributed by atoms with E-state index in [9.17, 15) is 4.79 Å². The molecule has 1 aliphatic heterocycles. The third-order valence-corrected chi connectivity index (χ3v) is 3.97. The summed E-state index contributed by atoms with van der Waals surface area (Å²) in [5, 5.41) is 0. The van der Waals surface area contributed by atoms with E-state index in [1.165, 1.54) is 0 Å². The molecule has 22 heavy (non-hydrogen) atoms. The summed E-state index contributed by atoms with van der Waals surface area (Å²) in [6.07, 6.45) is 6.54. The molecule has 4 rings (SSSR count). The molecule has 0 atom stereocenters. The average Bonchev–Trinajstić information content (AvgIpc) is 3.24. The predicted molar refractivity (Wildman–Crippen MR) is 85.4 cm³/mol. The molecule has 3 heterocycles. The van der Waals surface area contributed by atoms with Crippen LogP contribution in [0.3, 0.4) is 0 Å². The first-order chi connectivity index (χ1) is 10.8. The van der Waals surface area contributed by atoms with Crippen molar-refractivity contribution in [1.82, 2.24) is 9.55 Å². The zero-order valence-corrected chi connectivity index (χ0v) is 12.0. The van der Waals surface area contributed by atoms with Crippen molar-refractivity contribution in [1.29, 1.82) is 0 Å². The molecule has 0 bridgehead atoms. The number of rotatable bonds is 2. The maximum absolute atomic E-state index is 12.8. The number of hydrogen-bond acceptors (Lipinski definition) is 2. The van der Waals surface area contributed by atoms with Crippen LogP contribution < -0.4 is 4.90 Å². The predicted octanol–water partition coefficient (Wildman–Crippen LogP) is 3.08. The Morgan fingerprint density at radius 2 is 1.91 bits per heavy atom. The van der Waals surface area contributed by atoms with Crippen LogP contribution in [-0.4, -0.2) is 22.0 Å². The van der Waals surface area contributed by atoms with E-state index < -0.39 is 0 Å². The van der Waals surface area contributed by atoms with Gasteiger partial charge in [0.25, 0.3) is 5.91 Å². The number of amides is 1. The van der Waals surface area contributed by atoms with Gasteiger partial charge < -0.3 is 9.47 Å². The average molecular weight is 289 g/mol. The van der Waals surface area contributed by atoms with E-state index in [-0.39, 0.29) is 5.91 Å². The first kappa shape index (κ1) is 12.8. The lowest BCUT2D eigenvalue weighted by atomic mass is 10.1. The third kappa shape index (κ3) is 2.09. The van der Waals surface area contributed by atoms with Crippen LogP contribution in [0.4, 0.5) is 5.69 Å². The van der Waals surface area contributed by atoms with Crippen molar-refractivity contribution < 1.29 is 4.79 Å². The molecule has 0 spiro atoms. The number of pyridine rings is 1. The van der Waals surface area contributed by atoms with E-state index >= 15 is 0 Å². The standard InChI is InChI=1S/C18H15N3O/c22-18(21-12-8-16-17(21)7-4-9-19-16)14-5-3-6-15(13-14)20-10-1-2-11-20/h1-7,9-11,13H,8,12H2. The smallest absolute Gasteiger partial charge is 0.258 e. The molecule has 1 aromatic carbocycles. The summed E-state index contributed by atoms with van der Waals surface area (Å²) in [5.74, 6) is 0.0285. The van der Waals surface area contributed by atoms with E-state index in [0.29, 0.717) is 12.1 Å². The molecule has 2 aromatic heterocycles. The number of hydrogen-bond donors (Lipinski definition) is 0. The Bertz CT molecular complexity index is 824. The highest BCUT2D eigenvalue weighted by Gasteiger charge is 2.26. The topological polar surface area (TPSA) is 38.1 Å². The van der Waals surface area contributed by atoms with E-state index in [4.69, 9.17) is 0 Å². The van der Waals surface area contributed by atoms with E-state index in [2.05, 4.69) is 4.98 Å². The van der Waals surface area contributed by atoms with Crippen LogP contribution in [0.2, 0.25) is 0 Å². The molecule has 0 radical (unpaired) electrons. The molecule has 0 unspecified atom stereocenters. The molecule has 4 nitrogen and oxygen atoms in total. The second kappa shape index (κ2) is 5.15. The first-order valence-electron chi connectivity index (χ1n) is 7.32. The summed E-state index contributed by atoms with van der Waals surface area (Å²) in [6.45, 7) is 0.693. The Hall–Kier alpha value is -2.88. The van der Waals surface area contributed by atoms with Crippen LogP contribution in [0, 0.1) is 0 Å². The van der Waals surface area contributed by atoms with Gasteiger partial charge in [-0.05, 0) is 42.5 Å². The Labute approximate surface area is 128 Å². The fourth-order valence-corrected chi connectivity index (χ4v) is 2.88. The highest BCUT2D eigenvalue weighted by molar-refractivity contribution is 6.07. The second-order valence-corrected chi connectivity index (χ2v) is 5.32. The molecule has 3 aromatic rings. The first-order valence-corrected chi connectivity index (χ1v) is 7.32. The molecule has 0 saturated carbocycles. The van der Waals surface area contributed by atoms with Crippen LogP contribution in [-0.2, 0) is 6.42 Å². The molecule has 1 amide bonds. The summed E-state index contributed by atoms with van der Waals surface area (Å²) in [4.78, 5) is 19.0. The SMILES string of the molecule is O=C(c1cccc(-n2cccc2)c1)N1CCc2ncccc21. The minimum Gasteiger partial charge on any atom is -0.324 e. The zero-order valence-electron chi connectivity index (χ0n) is 12.0. The summed E-state index contributed by atoms with van der Waals surface area (Å²) < 4.78 is 2.00. The largest absolute Gasteiger partial charge is 0.324 e. The normalized spacial score (nSPS) is 13.2. The lowest BCUT2D eigenvalue weighted by Gasteiger charge is -2.17. The third-order valence-electron chi connectivity index (χ3n) is 3.97. The Morgan fingerprint density at radius 1 is 1.05 bits per heavy atom. The Morgan fingerprint density at radius 3 is 2.77 bits per heavy atom. The van der Waals surface area contributed by atoms with E-state index in [1.807, 2.05) is 70.4 Å². The van der Waals surface area contributed by atoms with Gasteiger partial charge >= 0.3 is 0 Å². The van der Waals surface area contributed by atoms with Crippen molar-refractivity contribution in [2.75, 3.05) is 11.4 Å². The lowest BCUT2D eigenvalue weighted by molar-refractivity contribution is 0.0989. The highest BCUT2D eigenvalue weighted by Crippen LogP contribution is 2.27. The monoisotopic (exact) mass is 289 g/mol. The van der Waals surface area contributed by atoms with Gasteiger partial charge in [0.05, 0.1) is 11.4 Å². The molecule has 0 aliphatic carbocycles. The van der Waals surface area contributed by atoms with Gasteiger partial charge in [-0.2, -0.15) is 0 Å². The molecule has 1 aliphatic rings. The van der Waals surface area contributed by atoms with Crippen LogP contribution in [0.5, 0.6) is 0 Å². The van der Waals surface area contributed by atoms with Crippen LogP contribution in [0.1, 0.15) is 16.1 Å². The van der Waals surface area contributed by atoms with Gasteiger partial charge in [-0.15, -0.1) is 0 Å². The number of anilines is 1. The molecule has 4 heteroatoms. The summed E-state index contributed by atoms with van der Waals surface area (Å²) in [5.41, 5.74) is 3.61. The highest BCUT2D eigenvalue weighted by atomic mass is 16.2. The molecule has 0 saturated heterocycles. The Kier molecular flexibility index (Phi) is 3.00. The van der Waals surface area contributed by atoms with Crippen molar-refractivity contribution in [3.63, 3.8) is 0 Å². The van der Waals surface area contributed by atoms with Gasteiger partial charge in [0.1, 0.15) is 0 Å². The fraction of sp³-hybridized carbons (Fsp3) is 0.111. The van der Waals surface area contributed by atoms with Crippen molar-refractivity contribution >= 4 is 11.6 Å². The molecular weight excluding hydrogens is 274 g/mol. The van der Waals surface area contributed by atoms with Crippen LogP contribution in [0.25, 0.3) is 5.69 Å². The van der Waals surface area contributed by atoms with E-state index in [0.717, 1.165) is 23.5 Å². The van der Waals surface area contributed by atoms with Crippen LogP contribution >= 0.6 is 0 Å². The lowest BCUT2D eigenvalue weighted by Crippen LogP contribution is -2.28. The summed E-state index contributed by atoms with van der Waals surface area (Å²) in [7, 11) is 0. The molecule has 0 N–H and O–H groups in total. The number of nitrogens with zero attached hydrogens (tertiary/aromatic N) is 3. The van der Waals surface area contributed by atoms with Gasteiger partial charge in [0.2, 0.25) is 0 Å². The molecule has 108 valence electrons. The van der Waals surface area contributed by atoms with Gasteiger partial charge in [-0.25, -0.2) is 0 Å². The number of aromatic nitrogens is 2. The summed E-state index contributed by atoms with van der Waals surface area (Å²) >= 11 is 0. The van der Waals surface area contributed by atoms with Gasteiger partial charge in [0, 0.05) is 42.8 Å². The zero-order chi connectivity index (χ0) is 14.9. The van der Waals surface area contributed by atoms with Gasteiger partial charge in [-0.3, -0.25) is 9.78 Å². The Balaban J connectivity index is 1.68. The second-order valence-electron chi connectivity index (χ2n) is 5.32. The maximum Gasteiger partial charge on any atom is 0.258 e. The van der Waals surface area contributed by atoms with Crippen molar-refractivity contribution in [3.8, 4) is 5.69 Å². The van der Waals surface area contributed by atoms with Gasteiger partial charge in [0.15, 0.2) is 0 Å². The fourth-order valence-electron chi connectivity index (χ4n) is 2.88. The maximum atomic E-state index is 12.8. The van der Waals surface area contributed by atoms with Crippen molar-refractivity contribution in [2.45, 2.75) is 6.42 Å². The number of benzene rings is 1. The minimum atomic E-state index is 0.0285. The number of carbonyl (C=O) groups excluding carboxylic acids is 1.